The van der Waals surface area contributed by atoms with Crippen LogP contribution in [0.25, 0.3) is 0 Å². The van der Waals surface area contributed by atoms with Gasteiger partial charge in [0.2, 0.25) is 0 Å². The number of nitrogens with one attached hydrogen (secondary N) is 1. The van der Waals surface area contributed by atoms with Crippen molar-refractivity contribution in [1.29, 1.82) is 0 Å². The van der Waals surface area contributed by atoms with E-state index in [1.807, 2.05) is 0 Å². The lowest BCUT2D eigenvalue weighted by atomic mass is 10.0. The fraction of sp³-hybridized carbons (Fsp3) is 0.333. The lowest BCUT2D eigenvalue weighted by Crippen LogP contribution is -2.21. The molecular formula is C15H17Br2NS. The van der Waals surface area contributed by atoms with Crippen LogP contribution in [0.15, 0.2) is 38.6 Å². The van der Waals surface area contributed by atoms with Gasteiger partial charge in [-0.15, -0.1) is 11.3 Å². The molecule has 1 aromatic carbocycles. The van der Waals surface area contributed by atoms with Crippen molar-refractivity contribution in [3.8, 4) is 0 Å². The first-order valence-electron chi connectivity index (χ1n) is 6.42. The zero-order chi connectivity index (χ0) is 13.8. The molecule has 102 valence electrons. The number of hydrogen-bond donors (Lipinski definition) is 1. The zero-order valence-electron chi connectivity index (χ0n) is 11.0. The van der Waals surface area contributed by atoms with Crippen LogP contribution in [0.4, 0.5) is 0 Å². The van der Waals surface area contributed by atoms with Gasteiger partial charge in [-0.2, -0.15) is 0 Å². The summed E-state index contributed by atoms with van der Waals surface area (Å²) >= 11 is 8.93. The maximum atomic E-state index is 3.58. The first-order chi connectivity index (χ1) is 9.15. The fourth-order valence-electron chi connectivity index (χ4n) is 2.09. The Kier molecular flexibility index (Phi) is 5.63. The molecule has 0 radical (unpaired) electrons. The van der Waals surface area contributed by atoms with Gasteiger partial charge in [-0.3, -0.25) is 0 Å². The third-order valence-corrected chi connectivity index (χ3v) is 6.37. The van der Waals surface area contributed by atoms with Crippen LogP contribution in [0, 0.1) is 0 Å². The molecular weight excluding hydrogens is 386 g/mol. The van der Waals surface area contributed by atoms with Crippen molar-refractivity contribution in [3.63, 3.8) is 0 Å². The molecule has 2 rings (SSSR count). The first-order valence-corrected chi connectivity index (χ1v) is 8.82. The molecule has 1 heterocycles. The molecule has 0 aliphatic rings. The molecule has 1 aromatic heterocycles. The average Bonchev–Trinajstić information content (AvgIpc) is 2.75. The maximum absolute atomic E-state index is 3.58. The van der Waals surface area contributed by atoms with E-state index < -0.39 is 0 Å². The van der Waals surface area contributed by atoms with Crippen LogP contribution in [0.2, 0.25) is 0 Å². The minimum atomic E-state index is 0.268. The molecule has 0 fully saturated rings. The van der Waals surface area contributed by atoms with E-state index in [0.29, 0.717) is 0 Å². The predicted molar refractivity (Wildman–Crippen MR) is 91.1 cm³/mol. The Bertz CT molecular complexity index is 531. The van der Waals surface area contributed by atoms with Gasteiger partial charge in [0.05, 0.1) is 9.83 Å². The van der Waals surface area contributed by atoms with Crippen LogP contribution < -0.4 is 5.32 Å². The molecule has 1 N–H and O–H groups in total. The number of thiophene rings is 1. The standard InChI is InChI=1S/C15H17Br2NS/c1-3-10-6-5-7-11(8-10)14(18-4-2)13-9-12(16)15(17)19-13/h5-9,14,18H,3-4H2,1-2H3. The quantitative estimate of drug-likeness (QED) is 0.692. The van der Waals surface area contributed by atoms with E-state index in [1.54, 1.807) is 11.3 Å². The highest BCUT2D eigenvalue weighted by Gasteiger charge is 2.17. The lowest BCUT2D eigenvalue weighted by Gasteiger charge is -2.17. The van der Waals surface area contributed by atoms with Crippen LogP contribution in [-0.2, 0) is 6.42 Å². The summed E-state index contributed by atoms with van der Waals surface area (Å²) in [5.41, 5.74) is 2.72. The van der Waals surface area contributed by atoms with E-state index in [2.05, 4.69) is 81.4 Å². The molecule has 0 saturated carbocycles. The maximum Gasteiger partial charge on any atom is 0.0843 e. The second-order valence-electron chi connectivity index (χ2n) is 4.36. The monoisotopic (exact) mass is 401 g/mol. The third kappa shape index (κ3) is 3.69. The molecule has 1 unspecified atom stereocenters. The van der Waals surface area contributed by atoms with Crippen molar-refractivity contribution in [1.82, 2.24) is 5.32 Å². The summed E-state index contributed by atoms with van der Waals surface area (Å²) in [5.74, 6) is 0. The van der Waals surface area contributed by atoms with Crippen LogP contribution in [0.5, 0.6) is 0 Å². The van der Waals surface area contributed by atoms with E-state index in [0.717, 1.165) is 21.2 Å². The Hall–Kier alpha value is -0.160. The summed E-state index contributed by atoms with van der Waals surface area (Å²) in [6, 6.07) is 11.3. The molecule has 0 saturated heterocycles. The smallest absolute Gasteiger partial charge is 0.0843 e. The van der Waals surface area contributed by atoms with Crippen molar-refractivity contribution < 1.29 is 0 Å². The summed E-state index contributed by atoms with van der Waals surface area (Å²) in [6.07, 6.45) is 1.07. The Morgan fingerprint density at radius 3 is 2.58 bits per heavy atom. The largest absolute Gasteiger partial charge is 0.306 e. The van der Waals surface area contributed by atoms with Gasteiger partial charge in [0.1, 0.15) is 0 Å². The molecule has 4 heteroatoms. The highest BCUT2D eigenvalue weighted by molar-refractivity contribution is 9.13. The van der Waals surface area contributed by atoms with Crippen molar-refractivity contribution in [2.45, 2.75) is 26.3 Å². The number of aryl methyl sites for hydroxylation is 1. The van der Waals surface area contributed by atoms with Gasteiger partial charge in [-0.1, -0.05) is 38.1 Å². The SMILES string of the molecule is CCNC(c1cccc(CC)c1)c1cc(Br)c(Br)s1. The van der Waals surface area contributed by atoms with Crippen LogP contribution >= 0.6 is 43.2 Å². The minimum Gasteiger partial charge on any atom is -0.306 e. The van der Waals surface area contributed by atoms with E-state index in [1.165, 1.54) is 16.0 Å². The normalized spacial score (nSPS) is 12.6. The van der Waals surface area contributed by atoms with E-state index in [9.17, 15) is 0 Å². The summed E-state index contributed by atoms with van der Waals surface area (Å²) in [4.78, 5) is 1.33. The summed E-state index contributed by atoms with van der Waals surface area (Å²) in [7, 11) is 0. The van der Waals surface area contributed by atoms with Crippen molar-refractivity contribution >= 4 is 43.2 Å². The van der Waals surface area contributed by atoms with E-state index >= 15 is 0 Å². The van der Waals surface area contributed by atoms with E-state index in [-0.39, 0.29) is 6.04 Å². The van der Waals surface area contributed by atoms with Gasteiger partial charge in [-0.05, 0) is 62.0 Å². The molecule has 1 nitrogen and oxygen atoms in total. The third-order valence-electron chi connectivity index (χ3n) is 3.05. The van der Waals surface area contributed by atoms with E-state index in [4.69, 9.17) is 0 Å². The number of benzene rings is 1. The number of halogens is 2. The Balaban J connectivity index is 2.38. The fourth-order valence-corrected chi connectivity index (χ4v) is 4.28. The zero-order valence-corrected chi connectivity index (χ0v) is 15.0. The molecule has 2 aromatic rings. The summed E-state index contributed by atoms with van der Waals surface area (Å²) in [5, 5.41) is 3.58. The molecule has 0 amide bonds. The van der Waals surface area contributed by atoms with Crippen molar-refractivity contribution in [2.75, 3.05) is 6.54 Å². The molecule has 1 atom stereocenters. The Labute approximate surface area is 135 Å². The predicted octanol–water partition coefficient (Wildman–Crippen LogP) is 5.53. The molecule has 0 aliphatic carbocycles. The molecule has 0 spiro atoms. The second kappa shape index (κ2) is 7.02. The highest BCUT2D eigenvalue weighted by atomic mass is 79.9. The highest BCUT2D eigenvalue weighted by Crippen LogP contribution is 2.37. The average molecular weight is 403 g/mol. The number of hydrogen-bond acceptors (Lipinski definition) is 2. The van der Waals surface area contributed by atoms with Crippen LogP contribution in [0.1, 0.15) is 35.9 Å². The van der Waals surface area contributed by atoms with Gasteiger partial charge in [0, 0.05) is 9.35 Å². The minimum absolute atomic E-state index is 0.268. The second-order valence-corrected chi connectivity index (χ2v) is 7.62. The van der Waals surface area contributed by atoms with Gasteiger partial charge in [-0.25, -0.2) is 0 Å². The van der Waals surface area contributed by atoms with Gasteiger partial charge < -0.3 is 5.32 Å². The summed E-state index contributed by atoms with van der Waals surface area (Å²) < 4.78 is 2.28. The summed E-state index contributed by atoms with van der Waals surface area (Å²) in [6.45, 7) is 5.29. The van der Waals surface area contributed by atoms with Crippen LogP contribution in [0.3, 0.4) is 0 Å². The molecule has 19 heavy (non-hydrogen) atoms. The van der Waals surface area contributed by atoms with Crippen molar-refractivity contribution in [2.24, 2.45) is 0 Å². The lowest BCUT2D eigenvalue weighted by molar-refractivity contribution is 0.639. The topological polar surface area (TPSA) is 12.0 Å². The Morgan fingerprint density at radius 2 is 2.00 bits per heavy atom. The first kappa shape index (κ1) is 15.2. The van der Waals surface area contributed by atoms with Gasteiger partial charge in [0.15, 0.2) is 0 Å². The molecule has 0 aliphatic heterocycles. The van der Waals surface area contributed by atoms with Gasteiger partial charge >= 0.3 is 0 Å². The number of rotatable bonds is 5. The van der Waals surface area contributed by atoms with Crippen molar-refractivity contribution in [3.05, 3.63) is 54.6 Å². The molecule has 0 bridgehead atoms. The van der Waals surface area contributed by atoms with Gasteiger partial charge in [0.25, 0.3) is 0 Å². The van der Waals surface area contributed by atoms with Crippen LogP contribution in [-0.4, -0.2) is 6.54 Å². The Morgan fingerprint density at radius 1 is 1.21 bits per heavy atom.